The van der Waals surface area contributed by atoms with Crippen molar-refractivity contribution in [1.29, 1.82) is 0 Å². The number of nitrogens with zero attached hydrogens (tertiary/aromatic N) is 1. The maximum Gasteiger partial charge on any atom is 0.397 e. The zero-order valence-electron chi connectivity index (χ0n) is 10.2. The molecule has 0 spiro atoms. The molecule has 0 heterocycles. The van der Waals surface area contributed by atoms with Gasteiger partial charge in [0.15, 0.2) is 0 Å². The van der Waals surface area contributed by atoms with Crippen LogP contribution in [0.4, 0.5) is 0 Å². The minimum Gasteiger partial charge on any atom is -0.461 e. The molecule has 0 aromatic heterocycles. The molecule has 0 aromatic rings. The molecular weight excluding hydrogens is 250 g/mol. The first kappa shape index (κ1) is 18.4. The molecular formula is C9H19NO6S. The van der Waals surface area contributed by atoms with E-state index in [1.54, 1.807) is 0 Å². The van der Waals surface area contributed by atoms with Gasteiger partial charge in [-0.2, -0.15) is 8.42 Å². The zero-order chi connectivity index (χ0) is 13.9. The Morgan fingerprint density at radius 2 is 2.00 bits per heavy atom. The Balaban J connectivity index is 0. The van der Waals surface area contributed by atoms with Crippen LogP contribution in [-0.4, -0.2) is 57.7 Å². The van der Waals surface area contributed by atoms with Gasteiger partial charge in [-0.25, -0.2) is 8.98 Å². The Morgan fingerprint density at radius 3 is 2.24 bits per heavy atom. The van der Waals surface area contributed by atoms with E-state index in [2.05, 4.69) is 10.8 Å². The Labute approximate surface area is 102 Å². The van der Waals surface area contributed by atoms with Crippen LogP contribution in [0.3, 0.4) is 0 Å². The van der Waals surface area contributed by atoms with Crippen LogP contribution in [0.1, 0.15) is 6.92 Å². The topological polar surface area (TPSA) is 93.1 Å². The lowest BCUT2D eigenvalue weighted by atomic mass is 10.6. The molecule has 0 radical (unpaired) electrons. The average molecular weight is 269 g/mol. The van der Waals surface area contributed by atoms with Gasteiger partial charge in [-0.15, -0.1) is 0 Å². The van der Waals surface area contributed by atoms with Crippen molar-refractivity contribution in [2.75, 3.05) is 33.9 Å². The minimum absolute atomic E-state index is 0.0289. The lowest BCUT2D eigenvalue weighted by Gasteiger charge is -2.07. The molecule has 0 saturated carbocycles. The van der Waals surface area contributed by atoms with E-state index in [9.17, 15) is 13.2 Å². The fourth-order valence-electron chi connectivity index (χ4n) is 0.537. The van der Waals surface area contributed by atoms with Crippen molar-refractivity contribution in [3.8, 4) is 0 Å². The van der Waals surface area contributed by atoms with Crippen LogP contribution in [0.5, 0.6) is 0 Å². The summed E-state index contributed by atoms with van der Waals surface area (Å²) in [6.45, 7) is 5.89. The van der Waals surface area contributed by atoms with Crippen molar-refractivity contribution in [3.05, 3.63) is 12.7 Å². The van der Waals surface area contributed by atoms with Gasteiger partial charge < -0.3 is 9.64 Å². The van der Waals surface area contributed by atoms with Crippen molar-refractivity contribution in [3.63, 3.8) is 0 Å². The van der Waals surface area contributed by atoms with Gasteiger partial charge in [-0.3, -0.25) is 4.55 Å². The second-order valence-electron chi connectivity index (χ2n) is 3.01. The Bertz CT molecular complexity index is 311. The van der Waals surface area contributed by atoms with E-state index in [1.807, 2.05) is 19.0 Å². The van der Waals surface area contributed by atoms with E-state index in [-0.39, 0.29) is 12.6 Å². The standard InChI is InChI=1S/C7H13NO2.C2H6O4S/c1-4-7(9)10-6-5-8(2)3;1-2-6-7(3,4)5/h4H,1,5-6H2,2-3H3;2H2,1H3,(H,3,4,5). The molecule has 0 unspecified atom stereocenters. The summed E-state index contributed by atoms with van der Waals surface area (Å²) in [7, 11) is -0.337. The molecule has 0 saturated heterocycles. The van der Waals surface area contributed by atoms with Gasteiger partial charge in [0.2, 0.25) is 0 Å². The molecule has 8 heteroatoms. The fraction of sp³-hybridized carbons (Fsp3) is 0.667. The van der Waals surface area contributed by atoms with E-state index in [1.165, 1.54) is 6.92 Å². The van der Waals surface area contributed by atoms with Gasteiger partial charge in [0.1, 0.15) is 6.61 Å². The number of carbonyl (C=O) groups is 1. The van der Waals surface area contributed by atoms with E-state index in [0.717, 1.165) is 12.6 Å². The molecule has 0 atom stereocenters. The second kappa shape index (κ2) is 10.2. The highest BCUT2D eigenvalue weighted by atomic mass is 32.3. The summed E-state index contributed by atoms with van der Waals surface area (Å²) < 4.78 is 35.4. The molecule has 0 aliphatic heterocycles. The van der Waals surface area contributed by atoms with Crippen LogP contribution in [0.15, 0.2) is 12.7 Å². The zero-order valence-corrected chi connectivity index (χ0v) is 11.1. The van der Waals surface area contributed by atoms with Gasteiger partial charge in [0.25, 0.3) is 0 Å². The number of esters is 1. The third kappa shape index (κ3) is 21.0. The van der Waals surface area contributed by atoms with Crippen LogP contribution >= 0.6 is 0 Å². The summed E-state index contributed by atoms with van der Waals surface area (Å²) in [5, 5.41) is 0. The predicted molar refractivity (Wildman–Crippen MR) is 62.9 cm³/mol. The molecule has 17 heavy (non-hydrogen) atoms. The quantitative estimate of drug-likeness (QED) is 0.415. The highest BCUT2D eigenvalue weighted by Crippen LogP contribution is 1.81. The number of hydrogen-bond acceptors (Lipinski definition) is 6. The Morgan fingerprint density at radius 1 is 1.47 bits per heavy atom. The van der Waals surface area contributed by atoms with Crippen molar-refractivity contribution in [2.45, 2.75) is 6.92 Å². The van der Waals surface area contributed by atoms with E-state index >= 15 is 0 Å². The van der Waals surface area contributed by atoms with E-state index in [4.69, 9.17) is 9.29 Å². The van der Waals surface area contributed by atoms with Crippen molar-refractivity contribution >= 4 is 16.4 Å². The summed E-state index contributed by atoms with van der Waals surface area (Å²) >= 11 is 0. The third-order valence-electron chi connectivity index (χ3n) is 1.22. The van der Waals surface area contributed by atoms with Crippen LogP contribution in [-0.2, 0) is 24.1 Å². The van der Waals surface area contributed by atoms with E-state index < -0.39 is 10.4 Å². The third-order valence-corrected chi connectivity index (χ3v) is 1.75. The van der Waals surface area contributed by atoms with Gasteiger partial charge >= 0.3 is 16.4 Å². The monoisotopic (exact) mass is 269 g/mol. The van der Waals surface area contributed by atoms with Gasteiger partial charge in [0.05, 0.1) is 6.61 Å². The molecule has 0 amide bonds. The van der Waals surface area contributed by atoms with Crippen LogP contribution in [0, 0.1) is 0 Å². The fourth-order valence-corrected chi connectivity index (χ4v) is 0.835. The normalized spacial score (nSPS) is 10.4. The highest BCUT2D eigenvalue weighted by molar-refractivity contribution is 7.80. The number of likely N-dealkylation sites (N-methyl/N-ethyl adjacent to an activating group) is 1. The number of carbonyl (C=O) groups excluding carboxylic acids is 1. The van der Waals surface area contributed by atoms with Gasteiger partial charge in [-0.1, -0.05) is 6.58 Å². The van der Waals surface area contributed by atoms with Crippen LogP contribution in [0.25, 0.3) is 0 Å². The smallest absolute Gasteiger partial charge is 0.397 e. The second-order valence-corrected chi connectivity index (χ2v) is 4.10. The molecule has 0 bridgehead atoms. The van der Waals surface area contributed by atoms with Crippen molar-refractivity contribution in [1.82, 2.24) is 4.90 Å². The first-order valence-corrected chi connectivity index (χ1v) is 6.15. The molecule has 102 valence electrons. The molecule has 0 rings (SSSR count). The number of hydrogen-bond donors (Lipinski definition) is 1. The number of rotatable bonds is 6. The van der Waals surface area contributed by atoms with E-state index in [0.29, 0.717) is 6.61 Å². The molecule has 1 N–H and O–H groups in total. The molecule has 0 aromatic carbocycles. The summed E-state index contributed by atoms with van der Waals surface area (Å²) in [5.74, 6) is -0.359. The first-order valence-electron chi connectivity index (χ1n) is 4.78. The molecule has 7 nitrogen and oxygen atoms in total. The first-order chi connectivity index (χ1) is 7.72. The SMILES string of the molecule is C=CC(=O)OCCN(C)C.CCOS(=O)(=O)O. The maximum absolute atomic E-state index is 10.4. The maximum atomic E-state index is 10.4. The van der Waals surface area contributed by atoms with Crippen molar-refractivity contribution in [2.24, 2.45) is 0 Å². The van der Waals surface area contributed by atoms with Crippen LogP contribution in [0.2, 0.25) is 0 Å². The van der Waals surface area contributed by atoms with Gasteiger partial charge in [0, 0.05) is 12.6 Å². The lowest BCUT2D eigenvalue weighted by Crippen LogP contribution is -2.19. The minimum atomic E-state index is -4.17. The Kier molecular flexibility index (Phi) is 11.1. The summed E-state index contributed by atoms with van der Waals surface area (Å²) in [6, 6.07) is 0. The lowest BCUT2D eigenvalue weighted by molar-refractivity contribution is -0.137. The molecule has 0 aliphatic carbocycles. The van der Waals surface area contributed by atoms with Gasteiger partial charge in [-0.05, 0) is 21.0 Å². The largest absolute Gasteiger partial charge is 0.461 e. The molecule has 0 aliphatic rings. The summed E-state index contributed by atoms with van der Waals surface area (Å²) in [5.41, 5.74) is 0. The highest BCUT2D eigenvalue weighted by Gasteiger charge is 1.98. The average Bonchev–Trinajstić information content (AvgIpc) is 2.16. The summed E-state index contributed by atoms with van der Waals surface area (Å²) in [6.07, 6.45) is 1.16. The summed E-state index contributed by atoms with van der Waals surface area (Å²) in [4.78, 5) is 12.4. The predicted octanol–water partition coefficient (Wildman–Crippen LogP) is 0.103. The number of ether oxygens (including phenoxy) is 1. The Hall–Kier alpha value is -0.960. The van der Waals surface area contributed by atoms with Crippen molar-refractivity contribution < 1.29 is 26.7 Å². The molecule has 0 fully saturated rings. The van der Waals surface area contributed by atoms with Crippen LogP contribution < -0.4 is 0 Å².